The summed E-state index contributed by atoms with van der Waals surface area (Å²) in [4.78, 5) is 88.0. The lowest BCUT2D eigenvalue weighted by molar-refractivity contribution is -0.152. The van der Waals surface area contributed by atoms with Crippen molar-refractivity contribution in [2.75, 3.05) is 122 Å². The smallest absolute Gasteiger partial charge is 0.508 e. The molecule has 844 valence electrons. The second-order valence-electron chi connectivity index (χ2n) is 24.8. The summed E-state index contributed by atoms with van der Waals surface area (Å²) in [6, 6.07) is 27.4. The lowest BCUT2D eigenvalue weighted by Crippen LogP contribution is -2.43. The monoisotopic (exact) mass is 2450 g/mol. The van der Waals surface area contributed by atoms with Crippen LogP contribution < -0.4 is 4.74 Å². The Labute approximate surface area is 824 Å². The van der Waals surface area contributed by atoms with Crippen LogP contribution in [0.25, 0.3) is 0 Å². The lowest BCUT2D eigenvalue weighted by Gasteiger charge is -2.27. The van der Waals surface area contributed by atoms with E-state index in [0.29, 0.717) is 28.8 Å². The minimum atomic E-state index is -5.92. The standard InChI is InChI=1S/C10H10F2O6S.C10H10F2O5S.C9H7F3O5S.C9H8F2O5S.C7H11F2NO6S.2C5H8F2O6S.C5H8F2O5S2.C4H7BrF2O6S2/c11-10(12,19(14,15)16)7-18-9(13)6-17-8-4-2-1-3-5-8;11-10(12,18(14,15)16)7-17-9(13)6-8-4-2-1-3-5-8;10-7-3-1-2-6(4-7)8(13)17-5-9(11,12)18(14,15)16;10-9(11,17(13,14)15)6-16-8(12)7-4-2-1-3-5-7;8-7(9,17(12,13)14)5-16-6(11)10-1-3-15-4-2-10;2*1-2-12-4(8)13-3-5(6,7)14(9,10)11;1-2-13-4(8)12-3-5(6,7)14(9,10)11;5-1-2-14(8,9)13-3-4(6,7)15(10,11)12/h1-5H,6-7H2,(H,14,15,16);1-5H,6-7H2,(H,14,15,16);1-4H,5H2,(H,14,15,16);1-5H,6H2,(H,13,14,15);1-5H2,(H,12,13,14);3*2-3H2,1H3,(H,9,10,11);1-3H2,(H,10,11,12)/p-5. The van der Waals surface area contributed by atoms with Gasteiger partial charge in [0.2, 0.25) is 0 Å². The van der Waals surface area contributed by atoms with Gasteiger partial charge in [-0.3, -0.25) is 27.2 Å². The quantitative estimate of drug-likeness (QED) is 0.00961. The number of carbonyl (C=O) groups is 8. The molecule has 82 heteroatoms. The van der Waals surface area contributed by atoms with Gasteiger partial charge in [-0.2, -0.15) is 121 Å². The first-order valence-electron chi connectivity index (χ1n) is 36.2. The van der Waals surface area contributed by atoms with E-state index in [1.807, 2.05) is 0 Å². The highest BCUT2D eigenvalue weighted by atomic mass is 79.9. The minimum absolute atomic E-state index is 0.00126. The Hall–Kier alpha value is -9.60. The molecule has 0 unspecified atom stereocenters. The third-order valence-electron chi connectivity index (χ3n) is 13.5. The van der Waals surface area contributed by atoms with Crippen molar-refractivity contribution in [1.82, 2.24) is 4.90 Å². The number of amides is 1. The van der Waals surface area contributed by atoms with Gasteiger partial charge >= 0.3 is 135 Å². The molecule has 4 aromatic rings. The third kappa shape index (κ3) is 58.4. The van der Waals surface area contributed by atoms with Gasteiger partial charge in [0.05, 0.1) is 49.7 Å². The number of carbonyl (C=O) groups excluding carboxylic acids is 8. The Balaban J connectivity index is -0.000000779. The second kappa shape index (κ2) is 61.5. The molecule has 1 saturated heterocycles. The van der Waals surface area contributed by atoms with Gasteiger partial charge in [-0.15, -0.1) is 0 Å². The average molecular weight is 2450 g/mol. The van der Waals surface area contributed by atoms with Gasteiger partial charge in [0.15, 0.2) is 110 Å². The van der Waals surface area contributed by atoms with Crippen LogP contribution in [0.1, 0.15) is 47.1 Å². The van der Waals surface area contributed by atoms with Gasteiger partial charge in [-0.1, -0.05) is 95.7 Å². The predicted octanol–water partition coefficient (Wildman–Crippen LogP) is 6.20. The lowest BCUT2D eigenvalue weighted by atomic mass is 10.2. The average Bonchev–Trinajstić information content (AvgIpc) is 0.853. The van der Waals surface area contributed by atoms with E-state index in [4.69, 9.17) is 27.7 Å². The van der Waals surface area contributed by atoms with E-state index in [1.165, 1.54) is 50.2 Å². The largest absolute Gasteiger partial charge is 0.743 e. The molecule has 51 nitrogen and oxygen atoms in total. The number of halogens is 20. The van der Waals surface area contributed by atoms with Crippen LogP contribution >= 0.6 is 27.7 Å². The van der Waals surface area contributed by atoms with Gasteiger partial charge in [0.25, 0.3) is 10.1 Å². The fourth-order valence-electron chi connectivity index (χ4n) is 6.36. The van der Waals surface area contributed by atoms with E-state index < -0.39 is 274 Å². The summed E-state index contributed by atoms with van der Waals surface area (Å²) in [5.41, 5.74) is 0.178. The highest BCUT2D eigenvalue weighted by molar-refractivity contribution is 9.09. The number of benzene rings is 4. The van der Waals surface area contributed by atoms with E-state index in [-0.39, 0.29) is 62.4 Å². The number of para-hydroxylation sites is 1. The number of nitrogens with zero attached hydrogens (tertiary/aromatic N) is 1. The Morgan fingerprint density at radius 1 is 0.384 bits per heavy atom. The van der Waals surface area contributed by atoms with Crippen molar-refractivity contribution in [3.63, 3.8) is 0 Å². The van der Waals surface area contributed by atoms with Crippen LogP contribution in [0.5, 0.6) is 5.75 Å². The molecular formula is C64H72BrF19NO50S11-5. The number of rotatable bonds is 40. The molecule has 1 aliphatic rings. The molecule has 0 aromatic heterocycles. The molecule has 1 amide bonds. The zero-order valence-electron chi connectivity index (χ0n) is 72.2. The number of alkyl halides is 19. The number of morpholine rings is 1. The molecule has 0 radical (unpaired) electrons. The fraction of sp³-hybridized carbons (Fsp3) is 0.500. The molecule has 1 aliphatic heterocycles. The maximum absolute atomic E-state index is 12.7. The summed E-state index contributed by atoms with van der Waals surface area (Å²) in [7, 11) is -55.9. The molecule has 0 aliphatic carbocycles. The van der Waals surface area contributed by atoms with Crippen LogP contribution in [0.4, 0.5) is 103 Å². The van der Waals surface area contributed by atoms with Crippen molar-refractivity contribution in [2.45, 2.75) is 74.5 Å². The number of hydrogen-bond donors (Lipinski definition) is 4. The molecule has 4 aromatic carbocycles. The molecule has 0 spiro atoms. The summed E-state index contributed by atoms with van der Waals surface area (Å²) in [5.74, 6) is -5.41. The highest BCUT2D eigenvalue weighted by Crippen LogP contribution is 2.29. The first kappa shape index (κ1) is 143. The van der Waals surface area contributed by atoms with Crippen LogP contribution in [-0.4, -0.2) is 347 Å². The van der Waals surface area contributed by atoms with Crippen LogP contribution in [0.3, 0.4) is 0 Å². The van der Waals surface area contributed by atoms with Gasteiger partial charge in [0, 0.05) is 24.2 Å². The minimum Gasteiger partial charge on any atom is -0.743 e. The number of ether oxygens (including phenoxy) is 12. The van der Waals surface area contributed by atoms with E-state index >= 15 is 0 Å². The molecule has 5 rings (SSSR count). The first-order valence-corrected chi connectivity index (χ1v) is 52.7. The van der Waals surface area contributed by atoms with Gasteiger partial charge < -0.3 is 84.5 Å². The molecular weight excluding hydrogens is 2380 g/mol. The number of thioether (sulfide) groups is 1. The molecule has 1 heterocycles. The Morgan fingerprint density at radius 2 is 0.692 bits per heavy atom. The van der Waals surface area contributed by atoms with Crippen molar-refractivity contribution in [2.24, 2.45) is 0 Å². The Bertz CT molecular complexity index is 5930. The molecule has 4 N–H and O–H groups in total. The predicted molar refractivity (Wildman–Crippen MR) is 439 cm³/mol. The topological polar surface area (TPSA) is 797 Å². The molecule has 0 atom stereocenters. The van der Waals surface area contributed by atoms with Crippen LogP contribution in [-0.2, 0) is 173 Å². The normalized spacial score (nSPS) is 13.1. The number of hydrogen-bond acceptors (Lipinski definition) is 47. The highest BCUT2D eigenvalue weighted by Gasteiger charge is 2.50. The number of esters is 4. The molecule has 1 fully saturated rings. The summed E-state index contributed by atoms with van der Waals surface area (Å²) in [6.07, 6.45) is -4.29. The van der Waals surface area contributed by atoms with Crippen molar-refractivity contribution < 1.29 is 308 Å². The first-order chi connectivity index (χ1) is 65.7. The van der Waals surface area contributed by atoms with Gasteiger partial charge in [0.1, 0.15) is 18.2 Å². The summed E-state index contributed by atoms with van der Waals surface area (Å²) in [5, 5.41) is -42.5. The van der Waals surface area contributed by atoms with Gasteiger partial charge in [-0.25, -0.2) is 80.0 Å². The Morgan fingerprint density at radius 3 is 1.03 bits per heavy atom. The summed E-state index contributed by atoms with van der Waals surface area (Å²) >= 11 is 3.31. The Kier molecular flexibility index (Phi) is 60.1. The van der Waals surface area contributed by atoms with Crippen molar-refractivity contribution in [1.29, 1.82) is 0 Å². The van der Waals surface area contributed by atoms with E-state index in [1.54, 1.807) is 61.5 Å². The summed E-state index contributed by atoms with van der Waals surface area (Å²) < 4.78 is 576. The maximum Gasteiger partial charge on any atom is 0.508 e. The van der Waals surface area contributed by atoms with Crippen molar-refractivity contribution in [3.8, 4) is 5.75 Å². The van der Waals surface area contributed by atoms with Crippen LogP contribution in [0, 0.1) is 5.82 Å². The SMILES string of the molecule is CCOC(=O)OCC(F)(F)S(=O)(=O)[O-].CCOC(=O)OCC(F)(F)S(=O)(=O)[O-].CCSC(=O)OCC(F)(F)S(=O)(=O)[O-].O=C(COc1ccccc1)OCC(F)(F)S(=O)(=O)O.O=C(Cc1ccccc1)OCC(F)(F)S(=O)(=O)O.O=C(OCC(F)(F)S(=O)(=O)O)c1cccc(F)c1.O=C(OCC(F)(F)S(=O)(=O)O)c1ccccc1.O=C(OCC(F)(F)S(=O)(=O)[O-])N1CCOCC1.O=S(=O)(CCBr)OCC(F)(F)S(=O)(=O)[O-]. The van der Waals surface area contributed by atoms with Crippen LogP contribution in [0.2, 0.25) is 0 Å². The maximum atomic E-state index is 12.7. The fourth-order valence-corrected chi connectivity index (χ4v) is 10.5. The van der Waals surface area contributed by atoms with Gasteiger partial charge in [-0.05, 0) is 73.6 Å². The van der Waals surface area contributed by atoms with E-state index in [0.717, 1.165) is 29.2 Å². The molecule has 0 saturated carbocycles. The van der Waals surface area contributed by atoms with E-state index in [9.17, 15) is 229 Å². The zero-order chi connectivity index (χ0) is 115. The van der Waals surface area contributed by atoms with Crippen molar-refractivity contribution in [3.05, 3.63) is 138 Å². The van der Waals surface area contributed by atoms with E-state index in [2.05, 4.69) is 67.5 Å². The van der Waals surface area contributed by atoms with Crippen LogP contribution in [0.15, 0.2) is 115 Å². The molecule has 0 bridgehead atoms. The molecule has 146 heavy (non-hydrogen) atoms. The summed E-state index contributed by atoms with van der Waals surface area (Å²) in [6.45, 7) is -12.0. The van der Waals surface area contributed by atoms with Crippen molar-refractivity contribution >= 4 is 176 Å². The third-order valence-corrected chi connectivity index (χ3v) is 24.0. The zero-order valence-corrected chi connectivity index (χ0v) is 82.7. The second-order valence-corrected chi connectivity index (χ2v) is 42.3.